The molecule has 4 rings (SSSR count). The lowest BCUT2D eigenvalue weighted by Gasteiger charge is -2.38. The van der Waals surface area contributed by atoms with Crippen LogP contribution in [-0.4, -0.2) is 42.8 Å². The average molecular weight is 369 g/mol. The van der Waals surface area contributed by atoms with E-state index in [1.165, 1.54) is 37.7 Å². The summed E-state index contributed by atoms with van der Waals surface area (Å²) in [7, 11) is 0. The summed E-state index contributed by atoms with van der Waals surface area (Å²) in [5.41, 5.74) is 1.19. The minimum absolute atomic E-state index is 0.471. The van der Waals surface area contributed by atoms with Crippen LogP contribution < -0.4 is 5.32 Å². The Morgan fingerprint density at radius 3 is 2.58 bits per heavy atom. The molecular weight excluding hydrogens is 343 g/mol. The number of nitrogens with one attached hydrogen (secondary N) is 1. The molecule has 1 unspecified atom stereocenters. The molecule has 0 radical (unpaired) electrons. The fourth-order valence-corrected chi connectivity index (χ4v) is 5.01. The second-order valence-electron chi connectivity index (χ2n) is 7.61. The predicted molar refractivity (Wildman–Crippen MR) is 98.8 cm³/mol. The van der Waals surface area contributed by atoms with Crippen LogP contribution in [0.2, 0.25) is 10.0 Å². The number of fused-ring (bicyclic) bond motifs is 2. The molecule has 3 fully saturated rings. The smallest absolute Gasteiger partial charge is 0.0594 e. The Kier molecular flexibility index (Phi) is 5.35. The van der Waals surface area contributed by atoms with Gasteiger partial charge in [0.15, 0.2) is 0 Å². The summed E-state index contributed by atoms with van der Waals surface area (Å²) in [6.45, 7) is 4.35. The zero-order valence-corrected chi connectivity index (χ0v) is 15.5. The van der Waals surface area contributed by atoms with Crippen LogP contribution in [0, 0.1) is 5.92 Å². The SMILES string of the molecule is Clc1ccc(CN(C[C@H]2CCNC2)C2C[C@H]3CC[C@@H](C2)O3)c(Cl)c1. The molecule has 2 bridgehead atoms. The molecule has 1 N–H and O–H groups in total. The van der Waals surface area contributed by atoms with Gasteiger partial charge in [-0.2, -0.15) is 0 Å². The molecule has 1 aromatic carbocycles. The lowest BCUT2D eigenvalue weighted by Crippen LogP contribution is -2.44. The largest absolute Gasteiger partial charge is 0.375 e. The van der Waals surface area contributed by atoms with E-state index in [1.54, 1.807) is 0 Å². The van der Waals surface area contributed by atoms with Crippen molar-refractivity contribution in [3.8, 4) is 0 Å². The monoisotopic (exact) mass is 368 g/mol. The van der Waals surface area contributed by atoms with E-state index in [9.17, 15) is 0 Å². The Labute approximate surface area is 154 Å². The van der Waals surface area contributed by atoms with Gasteiger partial charge in [0.05, 0.1) is 12.2 Å². The lowest BCUT2D eigenvalue weighted by molar-refractivity contribution is -0.0406. The molecule has 4 atom stereocenters. The topological polar surface area (TPSA) is 24.5 Å². The first kappa shape index (κ1) is 17.1. The highest BCUT2D eigenvalue weighted by atomic mass is 35.5. The molecular formula is C19H26Cl2N2O. The summed E-state index contributed by atoms with van der Waals surface area (Å²) in [6, 6.07) is 6.51. The highest BCUT2D eigenvalue weighted by molar-refractivity contribution is 6.35. The van der Waals surface area contributed by atoms with E-state index < -0.39 is 0 Å². The van der Waals surface area contributed by atoms with Crippen LogP contribution in [-0.2, 0) is 11.3 Å². The molecule has 0 amide bonds. The van der Waals surface area contributed by atoms with Crippen molar-refractivity contribution in [2.75, 3.05) is 19.6 Å². The zero-order chi connectivity index (χ0) is 16.5. The molecule has 0 saturated carbocycles. The van der Waals surface area contributed by atoms with Crippen LogP contribution in [0.3, 0.4) is 0 Å². The third-order valence-electron chi connectivity index (χ3n) is 5.83. The van der Waals surface area contributed by atoms with Gasteiger partial charge >= 0.3 is 0 Å². The number of nitrogens with zero attached hydrogens (tertiary/aromatic N) is 1. The first-order valence-corrected chi connectivity index (χ1v) is 9.97. The third kappa shape index (κ3) is 3.91. The van der Waals surface area contributed by atoms with Crippen LogP contribution in [0.25, 0.3) is 0 Å². The van der Waals surface area contributed by atoms with Crippen LogP contribution in [0.5, 0.6) is 0 Å². The molecule has 3 heterocycles. The van der Waals surface area contributed by atoms with Gasteiger partial charge in [-0.1, -0.05) is 29.3 Å². The van der Waals surface area contributed by atoms with Gasteiger partial charge in [0.25, 0.3) is 0 Å². The second-order valence-corrected chi connectivity index (χ2v) is 8.45. The van der Waals surface area contributed by atoms with E-state index in [-0.39, 0.29) is 0 Å². The quantitative estimate of drug-likeness (QED) is 0.845. The van der Waals surface area contributed by atoms with Gasteiger partial charge < -0.3 is 10.1 Å². The number of ether oxygens (including phenoxy) is 1. The van der Waals surface area contributed by atoms with Crippen molar-refractivity contribution in [3.05, 3.63) is 33.8 Å². The highest BCUT2D eigenvalue weighted by Crippen LogP contribution is 2.36. The molecule has 3 aliphatic rings. The molecule has 132 valence electrons. The third-order valence-corrected chi connectivity index (χ3v) is 6.41. The van der Waals surface area contributed by atoms with E-state index in [4.69, 9.17) is 27.9 Å². The minimum atomic E-state index is 0.471. The Bertz CT molecular complexity index is 564. The summed E-state index contributed by atoms with van der Waals surface area (Å²) in [6.07, 6.45) is 7.03. The van der Waals surface area contributed by atoms with Gasteiger partial charge in [-0.05, 0) is 68.8 Å². The highest BCUT2D eigenvalue weighted by Gasteiger charge is 2.38. The van der Waals surface area contributed by atoms with E-state index in [2.05, 4.69) is 16.3 Å². The molecule has 3 saturated heterocycles. The fourth-order valence-electron chi connectivity index (χ4n) is 4.54. The van der Waals surface area contributed by atoms with Gasteiger partial charge in [-0.3, -0.25) is 4.90 Å². The van der Waals surface area contributed by atoms with Crippen molar-refractivity contribution in [2.24, 2.45) is 5.92 Å². The van der Waals surface area contributed by atoms with Crippen molar-refractivity contribution >= 4 is 23.2 Å². The summed E-state index contributed by atoms with van der Waals surface area (Å²) in [5.74, 6) is 0.747. The minimum Gasteiger partial charge on any atom is -0.375 e. The van der Waals surface area contributed by atoms with Crippen molar-refractivity contribution in [1.29, 1.82) is 0 Å². The van der Waals surface area contributed by atoms with Gasteiger partial charge in [0.2, 0.25) is 0 Å². The Morgan fingerprint density at radius 1 is 1.12 bits per heavy atom. The molecule has 3 aliphatic heterocycles. The maximum absolute atomic E-state index is 6.45. The fraction of sp³-hybridized carbons (Fsp3) is 0.684. The van der Waals surface area contributed by atoms with Crippen LogP contribution in [0.1, 0.15) is 37.7 Å². The molecule has 5 heteroatoms. The normalized spacial score (nSPS) is 32.6. The van der Waals surface area contributed by atoms with Crippen LogP contribution >= 0.6 is 23.2 Å². The first-order chi connectivity index (χ1) is 11.7. The molecule has 0 aliphatic carbocycles. The standard InChI is InChI=1S/C19H26Cl2N2O/c20-15-2-1-14(19(21)7-15)12-23(11-13-5-6-22-10-13)16-8-17-3-4-18(9-16)24-17/h1-2,7,13,16-18,22H,3-6,8-12H2/t13-,16?,17-,18+/m0/s1. The Hall–Kier alpha value is -0.320. The molecule has 0 aromatic heterocycles. The van der Waals surface area contributed by atoms with Crippen molar-refractivity contribution in [3.63, 3.8) is 0 Å². The number of rotatable bonds is 5. The van der Waals surface area contributed by atoms with E-state index in [1.807, 2.05) is 12.1 Å². The zero-order valence-electron chi connectivity index (χ0n) is 14.0. The molecule has 1 aromatic rings. The van der Waals surface area contributed by atoms with Crippen molar-refractivity contribution in [1.82, 2.24) is 10.2 Å². The summed E-state index contributed by atoms with van der Waals surface area (Å²) in [4.78, 5) is 2.67. The number of halogens is 2. The number of hydrogen-bond acceptors (Lipinski definition) is 3. The molecule has 3 nitrogen and oxygen atoms in total. The predicted octanol–water partition coefficient (Wildman–Crippen LogP) is 4.11. The number of benzene rings is 1. The Morgan fingerprint density at radius 2 is 1.92 bits per heavy atom. The second kappa shape index (κ2) is 7.51. The van der Waals surface area contributed by atoms with E-state index >= 15 is 0 Å². The van der Waals surface area contributed by atoms with Crippen LogP contribution in [0.15, 0.2) is 18.2 Å². The Balaban J connectivity index is 1.50. The maximum Gasteiger partial charge on any atom is 0.0594 e. The van der Waals surface area contributed by atoms with E-state index in [0.29, 0.717) is 23.3 Å². The lowest BCUT2D eigenvalue weighted by atomic mass is 9.98. The summed E-state index contributed by atoms with van der Waals surface area (Å²) in [5, 5.41) is 4.99. The maximum atomic E-state index is 6.45. The average Bonchev–Trinajstić information content (AvgIpc) is 3.18. The first-order valence-electron chi connectivity index (χ1n) is 9.21. The van der Waals surface area contributed by atoms with Crippen molar-refractivity contribution < 1.29 is 4.74 Å². The van der Waals surface area contributed by atoms with Gasteiger partial charge in [-0.25, -0.2) is 0 Å². The number of hydrogen-bond donors (Lipinski definition) is 1. The van der Waals surface area contributed by atoms with Gasteiger partial charge in [0.1, 0.15) is 0 Å². The van der Waals surface area contributed by atoms with Crippen LogP contribution in [0.4, 0.5) is 0 Å². The van der Waals surface area contributed by atoms with Gasteiger partial charge in [-0.15, -0.1) is 0 Å². The molecule has 24 heavy (non-hydrogen) atoms. The van der Waals surface area contributed by atoms with E-state index in [0.717, 1.165) is 37.1 Å². The molecule has 0 spiro atoms. The van der Waals surface area contributed by atoms with Crippen molar-refractivity contribution in [2.45, 2.75) is 56.9 Å². The summed E-state index contributed by atoms with van der Waals surface area (Å²) >= 11 is 12.5. The van der Waals surface area contributed by atoms with Gasteiger partial charge in [0, 0.05) is 29.2 Å². The summed E-state index contributed by atoms with van der Waals surface area (Å²) < 4.78 is 6.05.